The molecule has 1 saturated carbocycles. The smallest absolute Gasteiger partial charge is 0.0663 e. The molecule has 2 heteroatoms. The Morgan fingerprint density at radius 1 is 1.58 bits per heavy atom. The highest BCUT2D eigenvalue weighted by Gasteiger charge is 2.34. The van der Waals surface area contributed by atoms with E-state index in [9.17, 15) is 5.11 Å². The summed E-state index contributed by atoms with van der Waals surface area (Å²) in [5.74, 6) is 0.686. The average Bonchev–Trinajstić information content (AvgIpc) is 2.29. The van der Waals surface area contributed by atoms with Crippen molar-refractivity contribution in [2.45, 2.75) is 57.6 Å². The molecule has 3 N–H and O–H groups in total. The van der Waals surface area contributed by atoms with Crippen LogP contribution in [0.15, 0.2) is 0 Å². The number of hydrogen-bond donors (Lipinski definition) is 2. The molecule has 2 atom stereocenters. The van der Waals surface area contributed by atoms with E-state index in [2.05, 4.69) is 13.8 Å². The molecule has 0 aromatic carbocycles. The lowest BCUT2D eigenvalue weighted by Gasteiger charge is -2.23. The molecule has 0 saturated heterocycles. The fraction of sp³-hybridized carbons (Fsp3) is 1.00. The maximum absolute atomic E-state index is 10.0. The number of aliphatic hydroxyl groups is 1. The Morgan fingerprint density at radius 3 is 2.67 bits per heavy atom. The molecule has 0 aromatic rings. The first-order valence-electron chi connectivity index (χ1n) is 5.00. The van der Waals surface area contributed by atoms with E-state index in [0.29, 0.717) is 5.92 Å². The summed E-state index contributed by atoms with van der Waals surface area (Å²) in [5.41, 5.74) is 5.33. The molecule has 0 amide bonds. The van der Waals surface area contributed by atoms with Crippen LogP contribution in [0.25, 0.3) is 0 Å². The van der Waals surface area contributed by atoms with Gasteiger partial charge >= 0.3 is 0 Å². The Kier molecular flexibility index (Phi) is 3.13. The molecule has 1 aliphatic carbocycles. The van der Waals surface area contributed by atoms with Gasteiger partial charge in [0.2, 0.25) is 0 Å². The van der Waals surface area contributed by atoms with E-state index in [1.807, 2.05) is 0 Å². The first kappa shape index (κ1) is 10.0. The Balaban J connectivity index is 2.30. The topological polar surface area (TPSA) is 46.2 Å². The highest BCUT2D eigenvalue weighted by molar-refractivity contribution is 4.90. The van der Waals surface area contributed by atoms with Gasteiger partial charge in [0.1, 0.15) is 0 Å². The van der Waals surface area contributed by atoms with Crippen molar-refractivity contribution in [1.29, 1.82) is 0 Å². The molecule has 72 valence electrons. The molecule has 12 heavy (non-hydrogen) atoms. The van der Waals surface area contributed by atoms with Gasteiger partial charge < -0.3 is 10.8 Å². The average molecular weight is 171 g/mol. The summed E-state index contributed by atoms with van der Waals surface area (Å²) >= 11 is 0. The van der Waals surface area contributed by atoms with Crippen LogP contribution >= 0.6 is 0 Å². The van der Waals surface area contributed by atoms with Gasteiger partial charge in [-0.25, -0.2) is 0 Å². The van der Waals surface area contributed by atoms with Crippen LogP contribution in [-0.4, -0.2) is 16.7 Å². The third kappa shape index (κ3) is 2.76. The minimum absolute atomic E-state index is 0.238. The van der Waals surface area contributed by atoms with E-state index in [1.165, 1.54) is 0 Å². The lowest BCUT2D eigenvalue weighted by Crippen LogP contribution is -2.28. The fourth-order valence-corrected chi connectivity index (χ4v) is 1.93. The maximum atomic E-state index is 10.0. The molecule has 0 spiro atoms. The maximum Gasteiger partial charge on any atom is 0.0663 e. The minimum Gasteiger partial charge on any atom is -0.390 e. The minimum atomic E-state index is -0.427. The van der Waals surface area contributed by atoms with E-state index in [-0.39, 0.29) is 6.04 Å². The third-order valence-corrected chi connectivity index (χ3v) is 2.81. The van der Waals surface area contributed by atoms with Crippen molar-refractivity contribution in [3.8, 4) is 0 Å². The first-order valence-corrected chi connectivity index (χ1v) is 5.00. The van der Waals surface area contributed by atoms with Gasteiger partial charge in [0, 0.05) is 6.04 Å². The summed E-state index contributed by atoms with van der Waals surface area (Å²) in [6.45, 7) is 4.39. The van der Waals surface area contributed by atoms with Gasteiger partial charge in [-0.3, -0.25) is 0 Å². The van der Waals surface area contributed by atoms with Crippen molar-refractivity contribution in [3.63, 3.8) is 0 Å². The molecular weight excluding hydrogens is 150 g/mol. The second-order valence-corrected chi connectivity index (χ2v) is 4.66. The quantitative estimate of drug-likeness (QED) is 0.678. The van der Waals surface area contributed by atoms with Crippen LogP contribution in [0.4, 0.5) is 0 Å². The standard InChI is InChI=1S/C10H21NO/c1-8(2)3-5-10(12)6-4-9(11)7-10/h8-9,12H,3-7,11H2,1-2H3. The molecule has 2 unspecified atom stereocenters. The summed E-state index contributed by atoms with van der Waals surface area (Å²) in [6.07, 6.45) is 4.75. The Bertz CT molecular complexity index is 147. The van der Waals surface area contributed by atoms with Crippen LogP contribution in [-0.2, 0) is 0 Å². The van der Waals surface area contributed by atoms with Gasteiger partial charge in [-0.1, -0.05) is 13.8 Å². The van der Waals surface area contributed by atoms with Crippen molar-refractivity contribution >= 4 is 0 Å². The number of rotatable bonds is 3. The lowest BCUT2D eigenvalue weighted by molar-refractivity contribution is 0.0323. The van der Waals surface area contributed by atoms with Crippen LogP contribution < -0.4 is 5.73 Å². The van der Waals surface area contributed by atoms with Crippen LogP contribution in [0, 0.1) is 5.92 Å². The zero-order chi connectivity index (χ0) is 9.19. The molecule has 0 radical (unpaired) electrons. The zero-order valence-corrected chi connectivity index (χ0v) is 8.21. The van der Waals surface area contributed by atoms with Gasteiger partial charge in [0.25, 0.3) is 0 Å². The van der Waals surface area contributed by atoms with E-state index in [0.717, 1.165) is 32.1 Å². The zero-order valence-electron chi connectivity index (χ0n) is 8.21. The van der Waals surface area contributed by atoms with E-state index in [1.54, 1.807) is 0 Å². The molecule has 0 heterocycles. The highest BCUT2D eigenvalue weighted by atomic mass is 16.3. The third-order valence-electron chi connectivity index (χ3n) is 2.81. The van der Waals surface area contributed by atoms with Crippen molar-refractivity contribution in [3.05, 3.63) is 0 Å². The van der Waals surface area contributed by atoms with Crippen LogP contribution in [0.1, 0.15) is 46.0 Å². The largest absolute Gasteiger partial charge is 0.390 e. The van der Waals surface area contributed by atoms with Crippen molar-refractivity contribution in [2.75, 3.05) is 0 Å². The second kappa shape index (κ2) is 3.75. The van der Waals surface area contributed by atoms with Gasteiger partial charge in [-0.2, -0.15) is 0 Å². The van der Waals surface area contributed by atoms with E-state index in [4.69, 9.17) is 5.73 Å². The predicted molar refractivity (Wildman–Crippen MR) is 50.8 cm³/mol. The molecule has 1 aliphatic rings. The summed E-state index contributed by atoms with van der Waals surface area (Å²) in [5, 5.41) is 10.0. The second-order valence-electron chi connectivity index (χ2n) is 4.66. The molecule has 0 bridgehead atoms. The summed E-state index contributed by atoms with van der Waals surface area (Å²) in [6, 6.07) is 0.238. The van der Waals surface area contributed by atoms with Crippen LogP contribution in [0.3, 0.4) is 0 Å². The van der Waals surface area contributed by atoms with Crippen molar-refractivity contribution < 1.29 is 5.11 Å². The Hall–Kier alpha value is -0.0800. The fourth-order valence-electron chi connectivity index (χ4n) is 1.93. The summed E-state index contributed by atoms with van der Waals surface area (Å²) in [7, 11) is 0. The van der Waals surface area contributed by atoms with Crippen LogP contribution in [0.2, 0.25) is 0 Å². The van der Waals surface area contributed by atoms with E-state index < -0.39 is 5.60 Å². The monoisotopic (exact) mass is 171 g/mol. The molecule has 1 fully saturated rings. The summed E-state index contributed by atoms with van der Waals surface area (Å²) < 4.78 is 0. The van der Waals surface area contributed by atoms with Crippen molar-refractivity contribution in [2.24, 2.45) is 11.7 Å². The Morgan fingerprint density at radius 2 is 2.25 bits per heavy atom. The molecule has 0 aromatic heterocycles. The normalized spacial score (nSPS) is 36.2. The Labute approximate surface area is 75.2 Å². The molecular formula is C10H21NO. The van der Waals surface area contributed by atoms with Gasteiger partial charge in [0.15, 0.2) is 0 Å². The van der Waals surface area contributed by atoms with Gasteiger partial charge in [-0.05, 0) is 38.0 Å². The highest BCUT2D eigenvalue weighted by Crippen LogP contribution is 2.33. The lowest BCUT2D eigenvalue weighted by atomic mass is 9.92. The number of nitrogens with two attached hydrogens (primary N) is 1. The van der Waals surface area contributed by atoms with Gasteiger partial charge in [0.05, 0.1) is 5.60 Å². The SMILES string of the molecule is CC(C)CCC1(O)CCC(N)C1. The first-order chi connectivity index (χ1) is 5.52. The van der Waals surface area contributed by atoms with Crippen molar-refractivity contribution in [1.82, 2.24) is 0 Å². The predicted octanol–water partition coefficient (Wildman–Crippen LogP) is 1.66. The molecule has 2 nitrogen and oxygen atoms in total. The molecule has 1 rings (SSSR count). The van der Waals surface area contributed by atoms with Gasteiger partial charge in [-0.15, -0.1) is 0 Å². The molecule has 0 aliphatic heterocycles. The van der Waals surface area contributed by atoms with E-state index >= 15 is 0 Å². The summed E-state index contributed by atoms with van der Waals surface area (Å²) in [4.78, 5) is 0. The number of hydrogen-bond acceptors (Lipinski definition) is 2. The van der Waals surface area contributed by atoms with Crippen LogP contribution in [0.5, 0.6) is 0 Å².